The van der Waals surface area contributed by atoms with Crippen LogP contribution in [0.5, 0.6) is 0 Å². The molecule has 0 bridgehead atoms. The van der Waals surface area contributed by atoms with Gasteiger partial charge in [-0.25, -0.2) is 0 Å². The largest absolute Gasteiger partial charge is 0.507 e. The summed E-state index contributed by atoms with van der Waals surface area (Å²) in [4.78, 5) is 29.4. The van der Waals surface area contributed by atoms with Crippen LogP contribution in [0.3, 0.4) is 0 Å². The summed E-state index contributed by atoms with van der Waals surface area (Å²) in [6.07, 6.45) is 0. The standard InChI is InChI=1S/C24H17NO3S2/c26-22(17-10-9-15-5-1-2-6-16(15)13-17)20-21(19-8-4-12-30-19)25(24(28)23(20)27)14-18-7-3-11-29-18/h1-13,21,26H,14H2/b22-20-. The van der Waals surface area contributed by atoms with Crippen molar-refractivity contribution in [3.63, 3.8) is 0 Å². The highest BCUT2D eigenvalue weighted by atomic mass is 32.1. The summed E-state index contributed by atoms with van der Waals surface area (Å²) in [6, 6.07) is 20.4. The van der Waals surface area contributed by atoms with Gasteiger partial charge >= 0.3 is 0 Å². The van der Waals surface area contributed by atoms with Crippen molar-refractivity contribution in [3.8, 4) is 0 Å². The molecule has 1 saturated heterocycles. The topological polar surface area (TPSA) is 57.6 Å². The van der Waals surface area contributed by atoms with Gasteiger partial charge in [0, 0.05) is 15.3 Å². The number of rotatable bonds is 4. The number of carbonyl (C=O) groups excluding carboxylic acids is 2. The highest BCUT2D eigenvalue weighted by Gasteiger charge is 2.46. The lowest BCUT2D eigenvalue weighted by Gasteiger charge is -2.23. The monoisotopic (exact) mass is 431 g/mol. The van der Waals surface area contributed by atoms with Gasteiger partial charge in [-0.1, -0.05) is 48.5 Å². The van der Waals surface area contributed by atoms with E-state index in [2.05, 4.69) is 0 Å². The highest BCUT2D eigenvalue weighted by Crippen LogP contribution is 2.42. The van der Waals surface area contributed by atoms with Crippen LogP contribution in [0.2, 0.25) is 0 Å². The fourth-order valence-electron chi connectivity index (χ4n) is 3.85. The lowest BCUT2D eigenvalue weighted by atomic mass is 9.98. The van der Waals surface area contributed by atoms with Crippen molar-refractivity contribution < 1.29 is 14.7 Å². The van der Waals surface area contributed by atoms with E-state index in [9.17, 15) is 14.7 Å². The van der Waals surface area contributed by atoms with Crippen molar-refractivity contribution in [2.75, 3.05) is 0 Å². The Bertz CT molecular complexity index is 1270. The Labute approximate surface area is 181 Å². The van der Waals surface area contributed by atoms with Crippen LogP contribution in [-0.4, -0.2) is 21.7 Å². The van der Waals surface area contributed by atoms with Crippen molar-refractivity contribution in [2.24, 2.45) is 0 Å². The van der Waals surface area contributed by atoms with Crippen molar-refractivity contribution in [1.82, 2.24) is 4.90 Å². The molecule has 30 heavy (non-hydrogen) atoms. The van der Waals surface area contributed by atoms with E-state index in [1.807, 2.05) is 71.4 Å². The molecule has 2 aromatic carbocycles. The molecule has 4 aromatic rings. The molecule has 1 unspecified atom stereocenters. The van der Waals surface area contributed by atoms with E-state index in [1.165, 1.54) is 22.7 Å². The van der Waals surface area contributed by atoms with Crippen LogP contribution in [0.15, 0.2) is 83.1 Å². The molecule has 1 aliphatic heterocycles. The Kier molecular flexibility index (Phi) is 4.73. The first-order valence-corrected chi connectivity index (χ1v) is 11.2. The first kappa shape index (κ1) is 18.8. The van der Waals surface area contributed by atoms with Gasteiger partial charge in [-0.3, -0.25) is 9.59 Å². The van der Waals surface area contributed by atoms with E-state index in [4.69, 9.17) is 0 Å². The quantitative estimate of drug-likeness (QED) is 0.261. The summed E-state index contributed by atoms with van der Waals surface area (Å²) < 4.78 is 0. The predicted molar refractivity (Wildman–Crippen MR) is 120 cm³/mol. The number of carbonyl (C=O) groups is 2. The summed E-state index contributed by atoms with van der Waals surface area (Å²) >= 11 is 3.01. The molecule has 1 atom stereocenters. The van der Waals surface area contributed by atoms with E-state index in [1.54, 1.807) is 11.0 Å². The fourth-order valence-corrected chi connectivity index (χ4v) is 5.40. The molecule has 5 rings (SSSR count). The molecule has 3 heterocycles. The van der Waals surface area contributed by atoms with Crippen molar-refractivity contribution in [1.29, 1.82) is 0 Å². The SMILES string of the molecule is O=C1C(=O)N(Cc2cccs2)C(c2cccs2)/C1=C(/O)c1ccc2ccccc2c1. The van der Waals surface area contributed by atoms with Gasteiger partial charge in [-0.15, -0.1) is 22.7 Å². The average molecular weight is 432 g/mol. The third-order valence-electron chi connectivity index (χ3n) is 5.28. The molecule has 2 aromatic heterocycles. The van der Waals surface area contributed by atoms with Crippen LogP contribution < -0.4 is 0 Å². The van der Waals surface area contributed by atoms with Crippen LogP contribution in [0, 0.1) is 0 Å². The van der Waals surface area contributed by atoms with Gasteiger partial charge in [0.2, 0.25) is 0 Å². The van der Waals surface area contributed by atoms with E-state index in [0.29, 0.717) is 12.1 Å². The summed E-state index contributed by atoms with van der Waals surface area (Å²) in [5, 5.41) is 17.0. The number of hydrogen-bond donors (Lipinski definition) is 1. The lowest BCUT2D eigenvalue weighted by molar-refractivity contribution is -0.140. The normalized spacial score (nSPS) is 18.4. The van der Waals surface area contributed by atoms with E-state index < -0.39 is 17.7 Å². The number of hydrogen-bond acceptors (Lipinski definition) is 5. The minimum absolute atomic E-state index is 0.133. The molecular weight excluding hydrogens is 414 g/mol. The van der Waals surface area contributed by atoms with Crippen LogP contribution in [0.1, 0.15) is 21.4 Å². The molecule has 1 N–H and O–H groups in total. The van der Waals surface area contributed by atoms with Crippen molar-refractivity contribution >= 4 is 50.9 Å². The maximum atomic E-state index is 13.0. The number of amides is 1. The third-order valence-corrected chi connectivity index (χ3v) is 7.07. The van der Waals surface area contributed by atoms with Gasteiger partial charge in [0.1, 0.15) is 11.8 Å². The van der Waals surface area contributed by atoms with Crippen LogP contribution in [0.25, 0.3) is 16.5 Å². The number of aliphatic hydroxyl groups is 1. The maximum absolute atomic E-state index is 13.0. The van der Waals surface area contributed by atoms with Gasteiger partial charge in [0.15, 0.2) is 0 Å². The average Bonchev–Trinajstić information content (AvgIpc) is 3.52. The molecule has 1 fully saturated rings. The Morgan fingerprint density at radius 1 is 0.900 bits per heavy atom. The number of aliphatic hydroxyl groups excluding tert-OH is 1. The summed E-state index contributed by atoms with van der Waals surface area (Å²) in [7, 11) is 0. The number of thiophene rings is 2. The molecule has 0 spiro atoms. The van der Waals surface area contributed by atoms with Gasteiger partial charge in [0.05, 0.1) is 12.1 Å². The summed E-state index contributed by atoms with van der Waals surface area (Å²) in [5.74, 6) is -1.36. The van der Waals surface area contributed by atoms with E-state index >= 15 is 0 Å². The minimum atomic E-state index is -0.643. The molecule has 0 aliphatic carbocycles. The number of nitrogens with zero attached hydrogens (tertiary/aromatic N) is 1. The first-order valence-electron chi connectivity index (χ1n) is 9.47. The molecule has 0 radical (unpaired) electrons. The second-order valence-corrected chi connectivity index (χ2v) is 9.10. The Morgan fingerprint density at radius 2 is 1.67 bits per heavy atom. The molecule has 4 nitrogen and oxygen atoms in total. The molecule has 1 aliphatic rings. The van der Waals surface area contributed by atoms with Gasteiger partial charge in [0.25, 0.3) is 11.7 Å². The smallest absolute Gasteiger partial charge is 0.296 e. The molecule has 1 amide bonds. The third kappa shape index (κ3) is 3.14. The van der Waals surface area contributed by atoms with Crippen LogP contribution in [-0.2, 0) is 16.1 Å². The van der Waals surface area contributed by atoms with Crippen molar-refractivity contribution in [2.45, 2.75) is 12.6 Å². The van der Waals surface area contributed by atoms with Crippen LogP contribution >= 0.6 is 22.7 Å². The predicted octanol–water partition coefficient (Wildman–Crippen LogP) is 5.58. The minimum Gasteiger partial charge on any atom is -0.507 e. The second-order valence-electron chi connectivity index (χ2n) is 7.08. The zero-order valence-corrected chi connectivity index (χ0v) is 17.5. The number of Topliss-reactive ketones (excluding diaryl/α,β-unsaturated/α-hetero) is 1. The number of ketones is 1. The summed E-state index contributed by atoms with van der Waals surface area (Å²) in [5.41, 5.74) is 0.679. The van der Waals surface area contributed by atoms with Gasteiger partial charge in [-0.05, 0) is 39.7 Å². The highest BCUT2D eigenvalue weighted by molar-refractivity contribution is 7.10. The number of likely N-dealkylation sites (tertiary alicyclic amines) is 1. The second kappa shape index (κ2) is 7.55. The number of fused-ring (bicyclic) bond motifs is 1. The van der Waals surface area contributed by atoms with Gasteiger partial charge in [-0.2, -0.15) is 0 Å². The lowest BCUT2D eigenvalue weighted by Crippen LogP contribution is -2.28. The molecule has 0 saturated carbocycles. The van der Waals surface area contributed by atoms with E-state index in [-0.39, 0.29) is 11.3 Å². The fraction of sp³-hybridized carbons (Fsp3) is 0.0833. The van der Waals surface area contributed by atoms with Gasteiger partial charge < -0.3 is 10.0 Å². The first-order chi connectivity index (χ1) is 14.6. The molecule has 6 heteroatoms. The van der Waals surface area contributed by atoms with Crippen LogP contribution in [0.4, 0.5) is 0 Å². The molecule has 148 valence electrons. The Hall–Kier alpha value is -3.22. The maximum Gasteiger partial charge on any atom is 0.296 e. The Balaban J connectivity index is 1.65. The summed E-state index contributed by atoms with van der Waals surface area (Å²) in [6.45, 7) is 0.333. The zero-order valence-electron chi connectivity index (χ0n) is 15.8. The number of benzene rings is 2. The van der Waals surface area contributed by atoms with Crippen molar-refractivity contribution in [3.05, 3.63) is 98.4 Å². The van der Waals surface area contributed by atoms with E-state index in [0.717, 1.165) is 20.5 Å². The molecular formula is C24H17NO3S2. The zero-order chi connectivity index (χ0) is 20.7. The Morgan fingerprint density at radius 3 is 2.40 bits per heavy atom.